The van der Waals surface area contributed by atoms with Crippen LogP contribution in [0.25, 0.3) is 0 Å². The zero-order valence-electron chi connectivity index (χ0n) is 26.5. The number of rotatable bonds is 7. The van der Waals surface area contributed by atoms with Gasteiger partial charge in [0.05, 0.1) is 0 Å². The van der Waals surface area contributed by atoms with Gasteiger partial charge in [-0.05, 0) is 175 Å². The van der Waals surface area contributed by atoms with Crippen LogP contribution in [0.1, 0.15) is 97.3 Å². The van der Waals surface area contributed by atoms with E-state index in [1.54, 1.807) is 0 Å². The van der Waals surface area contributed by atoms with E-state index in [4.69, 9.17) is 24.7 Å². The van der Waals surface area contributed by atoms with Crippen molar-refractivity contribution in [1.29, 1.82) is 15.8 Å². The van der Waals surface area contributed by atoms with Gasteiger partial charge in [0.1, 0.15) is 17.2 Å². The van der Waals surface area contributed by atoms with Crippen LogP contribution in [0.5, 0.6) is 17.2 Å². The summed E-state index contributed by atoms with van der Waals surface area (Å²) in [6.07, 6.45) is 15.6. The molecule has 0 N–H and O–H groups in total. The minimum Gasteiger partial charge on any atom is -0.388 e. The van der Waals surface area contributed by atoms with E-state index in [1.807, 2.05) is 43.0 Å². The van der Waals surface area contributed by atoms with E-state index in [-0.39, 0.29) is 0 Å². The number of nitrogens with zero attached hydrogens (tertiary/aromatic N) is 3. The molecule has 12 unspecified atom stereocenters. The van der Waals surface area contributed by atoms with E-state index in [2.05, 4.69) is 42.5 Å². The maximum atomic E-state index is 9.71. The Hall–Kier alpha value is -4.47. The minimum absolute atomic E-state index is 0.431. The van der Waals surface area contributed by atoms with Crippen LogP contribution < -0.4 is 14.2 Å². The molecule has 0 aromatic heterocycles. The van der Waals surface area contributed by atoms with Crippen molar-refractivity contribution in [3.05, 3.63) is 89.0 Å². The van der Waals surface area contributed by atoms with Crippen LogP contribution in [0, 0.1) is 81.9 Å². The summed E-state index contributed by atoms with van der Waals surface area (Å²) in [4.78, 5) is 0. The van der Waals surface area contributed by atoms with Crippen molar-refractivity contribution in [2.45, 2.75) is 75.0 Å². The summed E-state index contributed by atoms with van der Waals surface area (Å²) in [7, 11) is 0. The molecule has 4 bridgehead atoms. The molecular weight excluding hydrogens is 582 g/mol. The van der Waals surface area contributed by atoms with Crippen LogP contribution in [0.2, 0.25) is 0 Å². The van der Waals surface area contributed by atoms with E-state index in [0.717, 1.165) is 41.8 Å². The smallest absolute Gasteiger partial charge is 0.292 e. The van der Waals surface area contributed by atoms with Gasteiger partial charge in [-0.3, -0.25) is 0 Å². The summed E-state index contributed by atoms with van der Waals surface area (Å²) in [6.45, 7) is 0. The number of hydrogen-bond acceptors (Lipinski definition) is 6. The first-order valence-electron chi connectivity index (χ1n) is 17.6. The number of benzene rings is 3. The zero-order chi connectivity index (χ0) is 31.6. The second-order valence-electron chi connectivity index (χ2n) is 15.5. The first-order chi connectivity index (χ1) is 23.1. The van der Waals surface area contributed by atoms with Gasteiger partial charge in [-0.1, -0.05) is 36.4 Å². The normalized spacial score (nSPS) is 37.0. The highest BCUT2D eigenvalue weighted by atomic mass is 16.5. The van der Waals surface area contributed by atoms with Gasteiger partial charge in [0.25, 0.3) is 18.8 Å². The second kappa shape index (κ2) is 11.3. The van der Waals surface area contributed by atoms with E-state index in [0.29, 0.717) is 52.9 Å². The highest BCUT2D eigenvalue weighted by molar-refractivity contribution is 5.44. The Morgan fingerprint density at radius 3 is 1.64 bits per heavy atom. The molecule has 6 aliphatic carbocycles. The molecule has 47 heavy (non-hydrogen) atoms. The summed E-state index contributed by atoms with van der Waals surface area (Å²) >= 11 is 0. The molecule has 6 heteroatoms. The summed E-state index contributed by atoms with van der Waals surface area (Å²) in [6, 6.07) is 23.2. The lowest BCUT2D eigenvalue weighted by Crippen LogP contribution is -2.23. The number of nitriles is 3. The lowest BCUT2D eigenvalue weighted by Gasteiger charge is -2.32. The van der Waals surface area contributed by atoms with Gasteiger partial charge in [-0.15, -0.1) is 15.8 Å². The van der Waals surface area contributed by atoms with Gasteiger partial charge >= 0.3 is 0 Å². The lowest BCUT2D eigenvalue weighted by atomic mass is 9.73. The van der Waals surface area contributed by atoms with Gasteiger partial charge in [-0.2, -0.15) is 0 Å². The van der Waals surface area contributed by atoms with Crippen LogP contribution in [0.15, 0.2) is 66.7 Å². The molecule has 6 fully saturated rings. The third kappa shape index (κ3) is 4.70. The van der Waals surface area contributed by atoms with Crippen molar-refractivity contribution in [2.24, 2.45) is 47.3 Å². The Morgan fingerprint density at radius 1 is 0.468 bits per heavy atom. The summed E-state index contributed by atoms with van der Waals surface area (Å²) < 4.78 is 16.1. The van der Waals surface area contributed by atoms with Crippen LogP contribution in [0.4, 0.5) is 0 Å². The molecule has 0 heterocycles. The summed E-state index contributed by atoms with van der Waals surface area (Å²) in [5.41, 5.74) is 5.20. The predicted octanol–water partition coefficient (Wildman–Crippen LogP) is 9.13. The molecule has 3 aromatic rings. The Morgan fingerprint density at radius 2 is 1.00 bits per heavy atom. The standard InChI is InChI=1S/C41H39N3O3/c42-20-45-30-5-1-3-23(9-30)26-11-35-28-15-34(39(17-28)37(35)12-26)25-7-8-32(41(19-25)47-22-44)27-13-36-29-14-33(38(18-29)40(36)16-27)24-4-2-6-31(10-24)46-21-43/h1-10,19,26-29,33-40H,11-18H2. The molecule has 0 aliphatic heterocycles. The Bertz CT molecular complexity index is 1830. The Labute approximate surface area is 276 Å². The molecule has 9 rings (SSSR count). The van der Waals surface area contributed by atoms with E-state index < -0.39 is 0 Å². The van der Waals surface area contributed by atoms with Crippen LogP contribution >= 0.6 is 0 Å². The van der Waals surface area contributed by atoms with Gasteiger partial charge in [-0.25, -0.2) is 0 Å². The van der Waals surface area contributed by atoms with Gasteiger partial charge in [0.15, 0.2) is 0 Å². The topological polar surface area (TPSA) is 99.1 Å². The van der Waals surface area contributed by atoms with Gasteiger partial charge in [0, 0.05) is 0 Å². The van der Waals surface area contributed by atoms with Gasteiger partial charge < -0.3 is 14.2 Å². The van der Waals surface area contributed by atoms with Crippen LogP contribution in [-0.2, 0) is 0 Å². The number of fused-ring (bicyclic) bond motifs is 10. The molecular formula is C41H39N3O3. The fourth-order valence-corrected chi connectivity index (χ4v) is 12.4. The summed E-state index contributed by atoms with van der Waals surface area (Å²) in [5.74, 6) is 9.94. The first-order valence-corrected chi connectivity index (χ1v) is 17.6. The third-order valence-electron chi connectivity index (χ3n) is 13.9. The van der Waals surface area contributed by atoms with Crippen molar-refractivity contribution in [2.75, 3.05) is 0 Å². The van der Waals surface area contributed by atoms with E-state index in [1.165, 1.54) is 67.2 Å². The molecule has 3 aromatic carbocycles. The fraction of sp³-hybridized carbons (Fsp3) is 0.488. The van der Waals surface area contributed by atoms with Crippen LogP contribution in [0.3, 0.4) is 0 Å². The molecule has 12 atom stereocenters. The highest BCUT2D eigenvalue weighted by Gasteiger charge is 2.58. The second-order valence-corrected chi connectivity index (χ2v) is 15.5. The number of ether oxygens (including phenoxy) is 3. The molecule has 0 saturated heterocycles. The van der Waals surface area contributed by atoms with Crippen LogP contribution in [-0.4, -0.2) is 0 Å². The molecule has 0 spiro atoms. The van der Waals surface area contributed by atoms with Crippen molar-refractivity contribution in [3.63, 3.8) is 0 Å². The van der Waals surface area contributed by atoms with E-state index >= 15 is 0 Å². The quantitative estimate of drug-likeness (QED) is 0.244. The molecule has 6 aliphatic rings. The lowest BCUT2D eigenvalue weighted by molar-refractivity contribution is 0.232. The molecule has 0 amide bonds. The fourth-order valence-electron chi connectivity index (χ4n) is 12.4. The predicted molar refractivity (Wildman–Crippen MR) is 174 cm³/mol. The van der Waals surface area contributed by atoms with Crippen molar-refractivity contribution >= 4 is 0 Å². The van der Waals surface area contributed by atoms with E-state index in [9.17, 15) is 5.26 Å². The number of hydrogen-bond donors (Lipinski definition) is 0. The maximum absolute atomic E-state index is 9.71. The van der Waals surface area contributed by atoms with Crippen molar-refractivity contribution < 1.29 is 14.2 Å². The maximum Gasteiger partial charge on any atom is 0.292 e. The highest BCUT2D eigenvalue weighted by Crippen LogP contribution is 2.68. The van der Waals surface area contributed by atoms with Crippen molar-refractivity contribution in [3.8, 4) is 36.0 Å². The molecule has 236 valence electrons. The SMILES string of the molecule is N#COc1cccc(C2CC3C4CC(c5ccc(C6CC7C8CC(c9cccc(OC#N)c9)C(C8)C7C6)c(OC#N)c5)C(C4)C3C2)c1. The largest absolute Gasteiger partial charge is 0.388 e. The first kappa shape index (κ1) is 28.7. The average molecular weight is 622 g/mol. The third-order valence-corrected chi connectivity index (χ3v) is 13.9. The Kier molecular flexibility index (Phi) is 6.94. The summed E-state index contributed by atoms with van der Waals surface area (Å²) in [5, 5.41) is 27.7. The monoisotopic (exact) mass is 621 g/mol. The average Bonchev–Trinajstić information content (AvgIpc) is 3.93. The Balaban J connectivity index is 0.914. The molecule has 6 saturated carbocycles. The zero-order valence-corrected chi connectivity index (χ0v) is 26.5. The van der Waals surface area contributed by atoms with Crippen molar-refractivity contribution in [1.82, 2.24) is 0 Å². The van der Waals surface area contributed by atoms with Gasteiger partial charge in [0.2, 0.25) is 0 Å². The molecule has 6 nitrogen and oxygen atoms in total. The minimum atomic E-state index is 0.431. The molecule has 0 radical (unpaired) electrons.